The summed E-state index contributed by atoms with van der Waals surface area (Å²) in [4.78, 5) is 0. The summed E-state index contributed by atoms with van der Waals surface area (Å²) in [6, 6.07) is 6.85. The van der Waals surface area contributed by atoms with Crippen molar-refractivity contribution < 1.29 is 0 Å². The van der Waals surface area contributed by atoms with Gasteiger partial charge in [0.2, 0.25) is 0 Å². The topological polar surface area (TPSA) is 12.0 Å². The minimum Gasteiger partial charge on any atom is -0.310 e. The molecule has 0 radical (unpaired) electrons. The second kappa shape index (κ2) is 5.20. The van der Waals surface area contributed by atoms with Crippen molar-refractivity contribution >= 4 is 11.6 Å². The molecule has 1 unspecified atom stereocenters. The zero-order valence-electron chi connectivity index (χ0n) is 10.1. The van der Waals surface area contributed by atoms with E-state index in [2.05, 4.69) is 31.3 Å². The van der Waals surface area contributed by atoms with Crippen molar-refractivity contribution in [2.24, 2.45) is 5.92 Å². The van der Waals surface area contributed by atoms with Gasteiger partial charge in [-0.25, -0.2) is 0 Å². The maximum atomic E-state index is 6.12. The van der Waals surface area contributed by atoms with Gasteiger partial charge in [0.05, 0.1) is 0 Å². The predicted octanol–water partition coefficient (Wildman–Crippen LogP) is 4.10. The fraction of sp³-hybridized carbons (Fsp3) is 0.571. The fourth-order valence-electron chi connectivity index (χ4n) is 2.24. The van der Waals surface area contributed by atoms with Crippen molar-refractivity contribution in [2.45, 2.75) is 39.2 Å². The molecule has 2 rings (SSSR count). The SMILES string of the molecule is CCNC(CC1CC1)c1cc(C)cc(Cl)c1. The van der Waals surface area contributed by atoms with Gasteiger partial charge in [-0.3, -0.25) is 0 Å². The summed E-state index contributed by atoms with van der Waals surface area (Å²) in [5.74, 6) is 0.934. The van der Waals surface area contributed by atoms with E-state index < -0.39 is 0 Å². The zero-order chi connectivity index (χ0) is 11.5. The monoisotopic (exact) mass is 237 g/mol. The molecule has 2 heteroatoms. The Labute approximate surface area is 103 Å². The Morgan fingerprint density at radius 1 is 1.38 bits per heavy atom. The highest BCUT2D eigenvalue weighted by Gasteiger charge is 2.26. The van der Waals surface area contributed by atoms with Crippen LogP contribution in [0, 0.1) is 12.8 Å². The highest BCUT2D eigenvalue weighted by molar-refractivity contribution is 6.30. The molecule has 1 saturated carbocycles. The van der Waals surface area contributed by atoms with Gasteiger partial charge in [0.15, 0.2) is 0 Å². The number of nitrogens with one attached hydrogen (secondary N) is 1. The van der Waals surface area contributed by atoms with Gasteiger partial charge in [0, 0.05) is 11.1 Å². The van der Waals surface area contributed by atoms with E-state index in [1.807, 2.05) is 6.07 Å². The summed E-state index contributed by atoms with van der Waals surface area (Å²) in [7, 11) is 0. The van der Waals surface area contributed by atoms with E-state index in [1.54, 1.807) is 0 Å². The van der Waals surface area contributed by atoms with Crippen LogP contribution in [0.1, 0.15) is 43.4 Å². The molecule has 0 aliphatic heterocycles. The normalized spacial score (nSPS) is 17.4. The van der Waals surface area contributed by atoms with Gasteiger partial charge in [0.25, 0.3) is 0 Å². The molecular formula is C14H20ClN. The summed E-state index contributed by atoms with van der Waals surface area (Å²) in [6.45, 7) is 5.29. The van der Waals surface area contributed by atoms with Gasteiger partial charge < -0.3 is 5.32 Å². The highest BCUT2D eigenvalue weighted by atomic mass is 35.5. The van der Waals surface area contributed by atoms with Crippen LogP contribution in [0.2, 0.25) is 5.02 Å². The van der Waals surface area contributed by atoms with Crippen molar-refractivity contribution in [1.82, 2.24) is 5.32 Å². The molecule has 0 amide bonds. The minimum absolute atomic E-state index is 0.481. The molecule has 1 fully saturated rings. The van der Waals surface area contributed by atoms with Crippen LogP contribution in [0.3, 0.4) is 0 Å². The summed E-state index contributed by atoms with van der Waals surface area (Å²) < 4.78 is 0. The zero-order valence-corrected chi connectivity index (χ0v) is 10.8. The molecule has 1 aliphatic carbocycles. The first-order valence-electron chi connectivity index (χ1n) is 6.19. The third-order valence-corrected chi connectivity index (χ3v) is 3.40. The number of hydrogen-bond donors (Lipinski definition) is 1. The second-order valence-electron chi connectivity index (χ2n) is 4.85. The molecule has 0 bridgehead atoms. The van der Waals surface area contributed by atoms with Crippen molar-refractivity contribution in [3.05, 3.63) is 34.3 Å². The summed E-state index contributed by atoms with van der Waals surface area (Å²) >= 11 is 6.12. The molecule has 0 saturated heterocycles. The smallest absolute Gasteiger partial charge is 0.0411 e. The van der Waals surface area contributed by atoms with Gasteiger partial charge in [-0.2, -0.15) is 0 Å². The lowest BCUT2D eigenvalue weighted by atomic mass is 9.99. The van der Waals surface area contributed by atoms with Gasteiger partial charge in [0.1, 0.15) is 0 Å². The lowest BCUT2D eigenvalue weighted by molar-refractivity contribution is 0.486. The van der Waals surface area contributed by atoms with Crippen molar-refractivity contribution in [3.8, 4) is 0 Å². The third-order valence-electron chi connectivity index (χ3n) is 3.18. The van der Waals surface area contributed by atoms with E-state index in [1.165, 1.54) is 30.4 Å². The number of rotatable bonds is 5. The molecule has 0 spiro atoms. The maximum absolute atomic E-state index is 6.12. The molecule has 1 aromatic carbocycles. The van der Waals surface area contributed by atoms with Crippen LogP contribution in [0.4, 0.5) is 0 Å². The van der Waals surface area contributed by atoms with E-state index in [0.29, 0.717) is 6.04 Å². The summed E-state index contributed by atoms with van der Waals surface area (Å²) in [6.07, 6.45) is 4.07. The van der Waals surface area contributed by atoms with E-state index in [9.17, 15) is 0 Å². The Balaban J connectivity index is 2.15. The van der Waals surface area contributed by atoms with Crippen LogP contribution >= 0.6 is 11.6 Å². The Bertz CT molecular complexity index is 338. The second-order valence-corrected chi connectivity index (χ2v) is 5.29. The van der Waals surface area contributed by atoms with Gasteiger partial charge in [-0.05, 0) is 49.1 Å². The first-order valence-corrected chi connectivity index (χ1v) is 6.57. The maximum Gasteiger partial charge on any atom is 0.0411 e. The van der Waals surface area contributed by atoms with Crippen LogP contribution in [0.25, 0.3) is 0 Å². The van der Waals surface area contributed by atoms with Gasteiger partial charge >= 0.3 is 0 Å². The Hall–Kier alpha value is -0.530. The molecule has 1 atom stereocenters. The molecule has 1 nitrogen and oxygen atoms in total. The quantitative estimate of drug-likeness (QED) is 0.813. The number of halogens is 1. The van der Waals surface area contributed by atoms with Gasteiger partial charge in [-0.1, -0.05) is 37.4 Å². The minimum atomic E-state index is 0.481. The molecular weight excluding hydrogens is 218 g/mol. The van der Waals surface area contributed by atoms with E-state index >= 15 is 0 Å². The molecule has 16 heavy (non-hydrogen) atoms. The molecule has 88 valence electrons. The lowest BCUT2D eigenvalue weighted by Gasteiger charge is -2.19. The van der Waals surface area contributed by atoms with Crippen LogP contribution < -0.4 is 5.32 Å². The summed E-state index contributed by atoms with van der Waals surface area (Å²) in [5.41, 5.74) is 2.60. The van der Waals surface area contributed by atoms with E-state index in [4.69, 9.17) is 11.6 Å². The Kier molecular flexibility index (Phi) is 3.88. The van der Waals surface area contributed by atoms with E-state index in [0.717, 1.165) is 17.5 Å². The number of hydrogen-bond acceptors (Lipinski definition) is 1. The average molecular weight is 238 g/mol. The number of benzene rings is 1. The fourth-order valence-corrected chi connectivity index (χ4v) is 2.53. The predicted molar refractivity (Wildman–Crippen MR) is 69.9 cm³/mol. The van der Waals surface area contributed by atoms with Crippen molar-refractivity contribution in [1.29, 1.82) is 0 Å². The number of aryl methyl sites for hydroxylation is 1. The molecule has 1 aromatic rings. The third kappa shape index (κ3) is 3.23. The standard InChI is InChI=1S/C14H20ClN/c1-3-16-14(8-11-4-5-11)12-6-10(2)7-13(15)9-12/h6-7,9,11,14,16H,3-5,8H2,1-2H3. The van der Waals surface area contributed by atoms with E-state index in [-0.39, 0.29) is 0 Å². The first kappa shape index (κ1) is 11.9. The van der Waals surface area contributed by atoms with Crippen LogP contribution in [-0.2, 0) is 0 Å². The van der Waals surface area contributed by atoms with Crippen molar-refractivity contribution in [3.63, 3.8) is 0 Å². The van der Waals surface area contributed by atoms with Crippen LogP contribution in [0.5, 0.6) is 0 Å². The first-order chi connectivity index (χ1) is 7.69. The summed E-state index contributed by atoms with van der Waals surface area (Å²) in [5, 5.41) is 4.42. The Morgan fingerprint density at radius 2 is 2.12 bits per heavy atom. The Morgan fingerprint density at radius 3 is 2.69 bits per heavy atom. The van der Waals surface area contributed by atoms with Crippen molar-refractivity contribution in [2.75, 3.05) is 6.54 Å². The largest absolute Gasteiger partial charge is 0.310 e. The van der Waals surface area contributed by atoms with Crippen LogP contribution in [0.15, 0.2) is 18.2 Å². The lowest BCUT2D eigenvalue weighted by Crippen LogP contribution is -2.21. The van der Waals surface area contributed by atoms with Gasteiger partial charge in [-0.15, -0.1) is 0 Å². The highest BCUT2D eigenvalue weighted by Crippen LogP contribution is 2.38. The molecule has 0 aromatic heterocycles. The molecule has 0 heterocycles. The average Bonchev–Trinajstić information content (AvgIpc) is 2.99. The molecule has 1 N–H and O–H groups in total. The molecule has 1 aliphatic rings. The van der Waals surface area contributed by atoms with Crippen LogP contribution in [-0.4, -0.2) is 6.54 Å².